The fourth-order valence-corrected chi connectivity index (χ4v) is 2.82. The Balaban J connectivity index is 1.98. The van der Waals surface area contributed by atoms with Crippen LogP contribution in [0, 0.1) is 0 Å². The van der Waals surface area contributed by atoms with Crippen LogP contribution in [0.25, 0.3) is 6.08 Å². The number of carboxylic acids is 1. The molecule has 0 unspecified atom stereocenters. The van der Waals surface area contributed by atoms with Gasteiger partial charge in [-0.15, -0.1) is 11.3 Å². The minimum absolute atomic E-state index is 0.136. The first-order valence-electron chi connectivity index (χ1n) is 6.07. The fraction of sp³-hybridized carbons (Fsp3) is 0.0667. The Morgan fingerprint density at radius 2 is 2.14 bits per heavy atom. The summed E-state index contributed by atoms with van der Waals surface area (Å²) >= 11 is 4.78. The van der Waals surface area contributed by atoms with Gasteiger partial charge in [-0.1, -0.05) is 18.2 Å². The Morgan fingerprint density at radius 1 is 1.33 bits per heavy atom. The van der Waals surface area contributed by atoms with Gasteiger partial charge in [0.1, 0.15) is 0 Å². The first kappa shape index (κ1) is 15.5. The van der Waals surface area contributed by atoms with Crippen LogP contribution >= 0.6 is 27.3 Å². The quantitative estimate of drug-likeness (QED) is 0.796. The van der Waals surface area contributed by atoms with Crippen molar-refractivity contribution in [2.24, 2.45) is 0 Å². The van der Waals surface area contributed by atoms with Gasteiger partial charge < -0.3 is 10.4 Å². The number of halogens is 1. The summed E-state index contributed by atoms with van der Waals surface area (Å²) < 4.78 is 0.911. The van der Waals surface area contributed by atoms with Crippen molar-refractivity contribution in [1.82, 2.24) is 5.32 Å². The van der Waals surface area contributed by atoms with E-state index in [2.05, 4.69) is 21.2 Å². The Kier molecular flexibility index (Phi) is 5.30. The lowest BCUT2D eigenvalue weighted by Crippen LogP contribution is -2.22. The van der Waals surface area contributed by atoms with Crippen LogP contribution in [0.4, 0.5) is 0 Å². The van der Waals surface area contributed by atoms with Crippen LogP contribution < -0.4 is 5.32 Å². The number of rotatable bonds is 5. The minimum Gasteiger partial charge on any atom is -0.478 e. The normalized spacial score (nSPS) is 10.7. The number of carboxylic acid groups (broad SMARTS) is 1. The maximum Gasteiger partial charge on any atom is 0.328 e. The molecule has 4 nitrogen and oxygen atoms in total. The maximum atomic E-state index is 11.9. The van der Waals surface area contributed by atoms with E-state index in [4.69, 9.17) is 5.11 Å². The van der Waals surface area contributed by atoms with Crippen molar-refractivity contribution in [2.75, 3.05) is 0 Å². The van der Waals surface area contributed by atoms with Crippen LogP contribution in [0.3, 0.4) is 0 Å². The number of benzene rings is 1. The number of carbonyl (C=O) groups is 2. The van der Waals surface area contributed by atoms with Crippen LogP contribution in [-0.2, 0) is 11.3 Å². The summed E-state index contributed by atoms with van der Waals surface area (Å²) in [5.74, 6) is -1.12. The molecule has 6 heteroatoms. The highest BCUT2D eigenvalue weighted by Gasteiger charge is 2.07. The monoisotopic (exact) mass is 365 g/mol. The van der Waals surface area contributed by atoms with Crippen molar-refractivity contribution in [3.8, 4) is 0 Å². The van der Waals surface area contributed by atoms with Crippen LogP contribution in [0.5, 0.6) is 0 Å². The van der Waals surface area contributed by atoms with E-state index >= 15 is 0 Å². The van der Waals surface area contributed by atoms with Gasteiger partial charge in [0.05, 0.1) is 9.35 Å². The third-order valence-corrected chi connectivity index (χ3v) is 4.16. The van der Waals surface area contributed by atoms with E-state index < -0.39 is 5.97 Å². The molecule has 108 valence electrons. The van der Waals surface area contributed by atoms with Crippen LogP contribution in [0.2, 0.25) is 0 Å². The molecular weight excluding hydrogens is 354 g/mol. The summed E-state index contributed by atoms with van der Waals surface area (Å²) in [4.78, 5) is 22.4. The zero-order chi connectivity index (χ0) is 15.2. The molecule has 0 fully saturated rings. The molecule has 0 atom stereocenters. The second-order valence-electron chi connectivity index (χ2n) is 4.24. The van der Waals surface area contributed by atoms with Gasteiger partial charge in [-0.2, -0.15) is 0 Å². The van der Waals surface area contributed by atoms with Crippen molar-refractivity contribution in [2.45, 2.75) is 6.54 Å². The highest BCUT2D eigenvalue weighted by Crippen LogP contribution is 2.20. The van der Waals surface area contributed by atoms with Gasteiger partial charge in [-0.3, -0.25) is 4.79 Å². The summed E-state index contributed by atoms with van der Waals surface area (Å²) in [5.41, 5.74) is 2.31. The predicted molar refractivity (Wildman–Crippen MR) is 86.3 cm³/mol. The van der Waals surface area contributed by atoms with Crippen molar-refractivity contribution >= 4 is 45.2 Å². The third-order valence-electron chi connectivity index (χ3n) is 2.65. The Hall–Kier alpha value is -1.92. The number of carbonyl (C=O) groups excluding carboxylic acids is 1. The van der Waals surface area contributed by atoms with Gasteiger partial charge >= 0.3 is 5.97 Å². The minimum atomic E-state index is -0.989. The van der Waals surface area contributed by atoms with Crippen LogP contribution in [0.1, 0.15) is 21.5 Å². The van der Waals surface area contributed by atoms with Crippen molar-refractivity contribution < 1.29 is 14.7 Å². The van der Waals surface area contributed by atoms with E-state index in [1.165, 1.54) is 17.4 Å². The standard InChI is InChI=1S/C15H12BrNO3S/c16-13-7-12(9-21-13)15(20)17-8-11-3-1-2-10(6-11)4-5-14(18)19/h1-7,9H,8H2,(H,17,20)(H,18,19)/b5-4+. The molecule has 0 radical (unpaired) electrons. The SMILES string of the molecule is O=C(O)/C=C/c1cccc(CNC(=O)c2csc(Br)c2)c1. The molecule has 2 aromatic rings. The Morgan fingerprint density at radius 3 is 2.81 bits per heavy atom. The zero-order valence-electron chi connectivity index (χ0n) is 10.9. The van der Waals surface area contributed by atoms with E-state index in [0.29, 0.717) is 12.1 Å². The lowest BCUT2D eigenvalue weighted by Gasteiger charge is -2.05. The Labute approximate surface area is 134 Å². The van der Waals surface area contributed by atoms with Crippen LogP contribution in [-0.4, -0.2) is 17.0 Å². The van der Waals surface area contributed by atoms with Crippen molar-refractivity contribution in [1.29, 1.82) is 0 Å². The molecule has 0 aliphatic heterocycles. The van der Waals surface area contributed by atoms with E-state index in [9.17, 15) is 9.59 Å². The molecule has 0 bridgehead atoms. The lowest BCUT2D eigenvalue weighted by molar-refractivity contribution is -0.131. The molecule has 0 aliphatic rings. The third kappa shape index (κ3) is 4.84. The molecule has 0 spiro atoms. The number of amides is 1. The molecule has 0 saturated heterocycles. The average Bonchev–Trinajstić information content (AvgIpc) is 2.90. The Bertz CT molecular complexity index is 694. The van der Waals surface area contributed by atoms with Gasteiger partial charge in [0.15, 0.2) is 0 Å². The van der Waals surface area contributed by atoms with E-state index in [1.54, 1.807) is 17.5 Å². The highest BCUT2D eigenvalue weighted by molar-refractivity contribution is 9.11. The summed E-state index contributed by atoms with van der Waals surface area (Å²) in [7, 11) is 0. The number of nitrogens with one attached hydrogen (secondary N) is 1. The summed E-state index contributed by atoms with van der Waals surface area (Å²) in [6, 6.07) is 9.11. The molecule has 1 heterocycles. The molecule has 2 N–H and O–H groups in total. The lowest BCUT2D eigenvalue weighted by atomic mass is 10.1. The van der Waals surface area contributed by atoms with Gasteiger partial charge in [0.25, 0.3) is 5.91 Å². The molecule has 0 saturated carbocycles. The molecule has 1 amide bonds. The molecule has 0 aliphatic carbocycles. The van der Waals surface area contributed by atoms with Crippen molar-refractivity contribution in [3.63, 3.8) is 0 Å². The fourth-order valence-electron chi connectivity index (χ4n) is 1.69. The maximum absolute atomic E-state index is 11.9. The van der Waals surface area contributed by atoms with Gasteiger partial charge in [-0.05, 0) is 45.3 Å². The van der Waals surface area contributed by atoms with Gasteiger partial charge in [0.2, 0.25) is 0 Å². The largest absolute Gasteiger partial charge is 0.478 e. The van der Waals surface area contributed by atoms with Crippen molar-refractivity contribution in [3.05, 3.63) is 62.3 Å². The summed E-state index contributed by atoms with van der Waals surface area (Å²) in [6.45, 7) is 0.390. The molecule has 21 heavy (non-hydrogen) atoms. The highest BCUT2D eigenvalue weighted by atomic mass is 79.9. The van der Waals surface area contributed by atoms with Crippen LogP contribution in [0.15, 0.2) is 45.6 Å². The van der Waals surface area contributed by atoms with E-state index in [-0.39, 0.29) is 5.91 Å². The number of thiophene rings is 1. The van der Waals surface area contributed by atoms with Gasteiger partial charge in [-0.25, -0.2) is 4.79 Å². The predicted octanol–water partition coefficient (Wildman–Crippen LogP) is 3.54. The zero-order valence-corrected chi connectivity index (χ0v) is 13.3. The van der Waals surface area contributed by atoms with E-state index in [0.717, 1.165) is 21.0 Å². The number of aliphatic carboxylic acids is 1. The summed E-state index contributed by atoms with van der Waals surface area (Å²) in [6.07, 6.45) is 2.60. The smallest absolute Gasteiger partial charge is 0.328 e. The molecule has 2 rings (SSSR count). The average molecular weight is 366 g/mol. The van der Waals surface area contributed by atoms with Gasteiger partial charge in [0, 0.05) is 18.0 Å². The number of hydrogen-bond acceptors (Lipinski definition) is 3. The van der Waals surface area contributed by atoms with E-state index in [1.807, 2.05) is 18.2 Å². The topological polar surface area (TPSA) is 66.4 Å². The summed E-state index contributed by atoms with van der Waals surface area (Å²) in [5, 5.41) is 13.2. The second-order valence-corrected chi connectivity index (χ2v) is 6.53. The number of hydrogen-bond donors (Lipinski definition) is 2. The second kappa shape index (κ2) is 7.19. The molecule has 1 aromatic heterocycles. The first-order valence-corrected chi connectivity index (χ1v) is 7.74. The molecular formula is C15H12BrNO3S. The molecule has 1 aromatic carbocycles. The first-order chi connectivity index (χ1) is 10.0.